The monoisotopic (exact) mass is 279 g/mol. The molecule has 110 valence electrons. The maximum Gasteiger partial charge on any atom is 0.252 e. The van der Waals surface area contributed by atoms with E-state index in [1.54, 1.807) is 12.3 Å². The molecule has 6 heteroatoms. The molecule has 0 unspecified atom stereocenters. The number of hydrogen-bond donors (Lipinski definition) is 2. The Labute approximate surface area is 118 Å². The van der Waals surface area contributed by atoms with E-state index >= 15 is 0 Å². The Kier molecular flexibility index (Phi) is 5.96. The van der Waals surface area contributed by atoms with E-state index in [4.69, 9.17) is 5.73 Å². The number of unbranched alkanes of at least 4 members (excludes halogenated alkanes) is 1. The molecule has 0 fully saturated rings. The van der Waals surface area contributed by atoms with Gasteiger partial charge in [0.25, 0.3) is 11.5 Å². The Hall–Kier alpha value is -2.11. The Morgan fingerprint density at radius 1 is 1.40 bits per heavy atom. The molecule has 0 bridgehead atoms. The summed E-state index contributed by atoms with van der Waals surface area (Å²) in [7, 11) is 0. The van der Waals surface area contributed by atoms with Gasteiger partial charge in [0.05, 0.1) is 0 Å². The van der Waals surface area contributed by atoms with E-state index in [-0.39, 0.29) is 11.1 Å². The third-order valence-corrected chi connectivity index (χ3v) is 3.09. The van der Waals surface area contributed by atoms with Gasteiger partial charge in [0.1, 0.15) is 6.04 Å². The highest BCUT2D eigenvalue weighted by molar-refractivity contribution is 5.97. The summed E-state index contributed by atoms with van der Waals surface area (Å²) in [4.78, 5) is 34.9. The minimum atomic E-state index is -0.698. The highest BCUT2D eigenvalue weighted by Gasteiger charge is 2.18. The highest BCUT2D eigenvalue weighted by atomic mass is 16.2. The van der Waals surface area contributed by atoms with Crippen LogP contribution in [-0.2, 0) is 11.3 Å². The largest absolute Gasteiger partial charge is 0.368 e. The number of aromatic nitrogens is 1. The van der Waals surface area contributed by atoms with Crippen molar-refractivity contribution in [2.24, 2.45) is 5.73 Å². The number of hydrogen-bond acceptors (Lipinski definition) is 3. The van der Waals surface area contributed by atoms with Crippen LogP contribution in [0, 0.1) is 0 Å². The number of amides is 2. The first-order valence-corrected chi connectivity index (χ1v) is 6.80. The van der Waals surface area contributed by atoms with Gasteiger partial charge in [-0.3, -0.25) is 14.4 Å². The number of pyridine rings is 1. The molecular weight excluding hydrogens is 258 g/mol. The molecule has 0 radical (unpaired) electrons. The number of nitrogens with zero attached hydrogens (tertiary/aromatic N) is 1. The fraction of sp³-hybridized carbons (Fsp3) is 0.500. The Morgan fingerprint density at radius 3 is 2.60 bits per heavy atom. The maximum absolute atomic E-state index is 12.0. The molecule has 0 aliphatic carbocycles. The molecule has 0 aliphatic rings. The van der Waals surface area contributed by atoms with Crippen molar-refractivity contribution in [3.63, 3.8) is 0 Å². The minimum absolute atomic E-state index is 0.238. The van der Waals surface area contributed by atoms with Gasteiger partial charge in [-0.15, -0.1) is 0 Å². The highest BCUT2D eigenvalue weighted by Crippen LogP contribution is 2.02. The fourth-order valence-corrected chi connectivity index (χ4v) is 1.85. The van der Waals surface area contributed by atoms with Crippen molar-refractivity contribution in [1.82, 2.24) is 9.88 Å². The second kappa shape index (κ2) is 7.47. The number of nitrogens with two attached hydrogens (primary N) is 1. The molecule has 1 atom stereocenters. The first-order valence-electron chi connectivity index (χ1n) is 6.80. The molecule has 0 aromatic carbocycles. The van der Waals surface area contributed by atoms with Crippen LogP contribution in [-0.4, -0.2) is 22.4 Å². The molecule has 0 spiro atoms. The first-order chi connectivity index (χ1) is 9.49. The predicted molar refractivity (Wildman–Crippen MR) is 76.3 cm³/mol. The lowest BCUT2D eigenvalue weighted by Crippen LogP contribution is -2.44. The second-order valence-corrected chi connectivity index (χ2v) is 4.61. The molecular formula is C14H21N3O3. The molecule has 3 N–H and O–H groups in total. The minimum Gasteiger partial charge on any atom is -0.368 e. The number of carbonyl (C=O) groups is 2. The van der Waals surface area contributed by atoms with Gasteiger partial charge in [0.2, 0.25) is 5.91 Å². The Bertz CT molecular complexity index is 537. The van der Waals surface area contributed by atoms with Gasteiger partial charge >= 0.3 is 0 Å². The van der Waals surface area contributed by atoms with Crippen LogP contribution in [0.2, 0.25) is 0 Å². The van der Waals surface area contributed by atoms with Crippen LogP contribution in [0.15, 0.2) is 23.1 Å². The van der Waals surface area contributed by atoms with E-state index < -0.39 is 17.9 Å². The van der Waals surface area contributed by atoms with Crippen LogP contribution in [0.1, 0.15) is 43.5 Å². The zero-order chi connectivity index (χ0) is 15.1. The molecule has 20 heavy (non-hydrogen) atoms. The predicted octanol–water partition coefficient (Wildman–Crippen LogP) is 0.642. The van der Waals surface area contributed by atoms with E-state index in [9.17, 15) is 14.4 Å². The van der Waals surface area contributed by atoms with Crippen LogP contribution in [0.3, 0.4) is 0 Å². The molecule has 2 amide bonds. The second-order valence-electron chi connectivity index (χ2n) is 4.61. The summed E-state index contributed by atoms with van der Waals surface area (Å²) in [6, 6.07) is 2.12. The van der Waals surface area contributed by atoms with Gasteiger partial charge in [-0.25, -0.2) is 0 Å². The van der Waals surface area contributed by atoms with Crippen LogP contribution in [0.25, 0.3) is 0 Å². The Morgan fingerprint density at radius 2 is 2.10 bits per heavy atom. The lowest BCUT2D eigenvalue weighted by Gasteiger charge is -2.15. The van der Waals surface area contributed by atoms with Crippen molar-refractivity contribution in [3.05, 3.63) is 34.2 Å². The average Bonchev–Trinajstić information content (AvgIpc) is 2.42. The third-order valence-electron chi connectivity index (χ3n) is 3.09. The zero-order valence-corrected chi connectivity index (χ0v) is 11.9. The van der Waals surface area contributed by atoms with Gasteiger partial charge in [0.15, 0.2) is 0 Å². The third kappa shape index (κ3) is 4.22. The van der Waals surface area contributed by atoms with Gasteiger partial charge in [-0.1, -0.05) is 19.8 Å². The van der Waals surface area contributed by atoms with Crippen molar-refractivity contribution in [2.45, 2.75) is 45.7 Å². The van der Waals surface area contributed by atoms with Crippen molar-refractivity contribution in [3.8, 4) is 0 Å². The summed E-state index contributed by atoms with van der Waals surface area (Å²) < 4.78 is 1.49. The summed E-state index contributed by atoms with van der Waals surface area (Å²) >= 11 is 0. The van der Waals surface area contributed by atoms with Gasteiger partial charge in [-0.2, -0.15) is 0 Å². The van der Waals surface area contributed by atoms with E-state index in [2.05, 4.69) is 5.32 Å². The van der Waals surface area contributed by atoms with Crippen molar-refractivity contribution >= 4 is 11.8 Å². The maximum atomic E-state index is 12.0. The smallest absolute Gasteiger partial charge is 0.252 e. The standard InChI is InChI=1S/C14H21N3O3/c1-3-5-6-11(13(15)19)16-14(20)10-7-8-17(4-2)12(18)9-10/h7-9,11H,3-6H2,1-2H3,(H2,15,19)(H,16,20)/t11-/m0/s1. The fourth-order valence-electron chi connectivity index (χ4n) is 1.85. The Balaban J connectivity index is 2.81. The van der Waals surface area contributed by atoms with Crippen molar-refractivity contribution in [1.29, 1.82) is 0 Å². The van der Waals surface area contributed by atoms with Crippen LogP contribution in [0.5, 0.6) is 0 Å². The summed E-state index contributed by atoms with van der Waals surface area (Å²) in [5, 5.41) is 2.57. The number of carbonyl (C=O) groups excluding carboxylic acids is 2. The van der Waals surface area contributed by atoms with E-state index in [0.29, 0.717) is 13.0 Å². The van der Waals surface area contributed by atoms with Crippen LogP contribution < -0.4 is 16.6 Å². The van der Waals surface area contributed by atoms with Gasteiger partial charge in [-0.05, 0) is 19.4 Å². The molecule has 0 saturated heterocycles. The molecule has 6 nitrogen and oxygen atoms in total. The van der Waals surface area contributed by atoms with E-state index in [0.717, 1.165) is 12.8 Å². The number of rotatable bonds is 7. The molecule has 1 rings (SSSR count). The quantitative estimate of drug-likeness (QED) is 0.767. The zero-order valence-electron chi connectivity index (χ0n) is 11.9. The van der Waals surface area contributed by atoms with E-state index in [1.807, 2.05) is 13.8 Å². The summed E-state index contributed by atoms with van der Waals surface area (Å²) in [5.41, 5.74) is 5.25. The molecule has 1 heterocycles. The molecule has 1 aromatic heterocycles. The van der Waals surface area contributed by atoms with E-state index in [1.165, 1.54) is 10.6 Å². The number of primary amides is 1. The molecule has 0 aliphatic heterocycles. The van der Waals surface area contributed by atoms with Crippen LogP contribution in [0.4, 0.5) is 0 Å². The van der Waals surface area contributed by atoms with Gasteiger partial charge in [0, 0.05) is 24.4 Å². The number of nitrogens with one attached hydrogen (secondary N) is 1. The summed E-state index contributed by atoms with van der Waals surface area (Å²) in [5.74, 6) is -1.01. The van der Waals surface area contributed by atoms with Crippen LogP contribution >= 0.6 is 0 Å². The lowest BCUT2D eigenvalue weighted by molar-refractivity contribution is -0.120. The SMILES string of the molecule is CCCC[C@H](NC(=O)c1ccn(CC)c(=O)c1)C(N)=O. The number of aryl methyl sites for hydroxylation is 1. The van der Waals surface area contributed by atoms with Crippen molar-refractivity contribution < 1.29 is 9.59 Å². The summed E-state index contributed by atoms with van der Waals surface area (Å²) in [6.45, 7) is 4.38. The molecule has 1 aromatic rings. The van der Waals surface area contributed by atoms with Crippen molar-refractivity contribution in [2.75, 3.05) is 0 Å². The topological polar surface area (TPSA) is 94.2 Å². The lowest BCUT2D eigenvalue weighted by atomic mass is 10.1. The first kappa shape index (κ1) is 15.9. The summed E-state index contributed by atoms with van der Waals surface area (Å²) in [6.07, 6.45) is 3.77. The van der Waals surface area contributed by atoms with Gasteiger partial charge < -0.3 is 15.6 Å². The normalized spacial score (nSPS) is 11.9. The molecule has 0 saturated carbocycles. The average molecular weight is 279 g/mol.